The third kappa shape index (κ3) is 3.69. The summed E-state index contributed by atoms with van der Waals surface area (Å²) in [4.78, 5) is 27.1. The summed E-state index contributed by atoms with van der Waals surface area (Å²) in [7, 11) is 0. The number of nitrogens with one attached hydrogen (secondary N) is 1. The smallest absolute Gasteiger partial charge is 0.253 e. The van der Waals surface area contributed by atoms with E-state index in [1.165, 1.54) is 6.07 Å². The van der Waals surface area contributed by atoms with Gasteiger partial charge >= 0.3 is 0 Å². The lowest BCUT2D eigenvalue weighted by molar-refractivity contribution is 0.0698. The van der Waals surface area contributed by atoms with Gasteiger partial charge in [-0.25, -0.2) is 0 Å². The molecule has 0 radical (unpaired) electrons. The number of piperidine rings is 1. The van der Waals surface area contributed by atoms with Crippen LogP contribution in [0.2, 0.25) is 0 Å². The molecule has 3 aromatic carbocycles. The number of likely N-dealkylation sites (tertiary alicyclic amines) is 1. The highest BCUT2D eigenvalue weighted by atomic mass is 16.3. The van der Waals surface area contributed by atoms with Crippen molar-refractivity contribution < 1.29 is 14.7 Å². The number of amides is 2. The Bertz CT molecular complexity index is 1020. The van der Waals surface area contributed by atoms with Crippen molar-refractivity contribution in [2.45, 2.75) is 18.9 Å². The molecule has 1 fully saturated rings. The van der Waals surface area contributed by atoms with Crippen LogP contribution in [0.15, 0.2) is 66.7 Å². The lowest BCUT2D eigenvalue weighted by Gasteiger charge is -2.32. The number of nitrogens with zero attached hydrogens (tertiary/aromatic N) is 1. The first-order chi connectivity index (χ1) is 13.6. The van der Waals surface area contributed by atoms with Gasteiger partial charge in [0.25, 0.3) is 11.8 Å². The third-order valence-electron chi connectivity index (χ3n) is 5.24. The predicted molar refractivity (Wildman–Crippen MR) is 108 cm³/mol. The molecule has 3 aromatic rings. The topological polar surface area (TPSA) is 69.6 Å². The van der Waals surface area contributed by atoms with Crippen molar-refractivity contribution in [2.24, 2.45) is 0 Å². The average Bonchev–Trinajstić information content (AvgIpc) is 2.73. The van der Waals surface area contributed by atoms with E-state index in [-0.39, 0.29) is 23.6 Å². The number of aromatic hydroxyl groups is 1. The van der Waals surface area contributed by atoms with Crippen molar-refractivity contribution in [3.63, 3.8) is 0 Å². The zero-order valence-corrected chi connectivity index (χ0v) is 15.5. The Morgan fingerprint density at radius 3 is 2.43 bits per heavy atom. The van der Waals surface area contributed by atoms with Gasteiger partial charge in [-0.2, -0.15) is 0 Å². The first kappa shape index (κ1) is 18.0. The third-order valence-corrected chi connectivity index (χ3v) is 5.24. The van der Waals surface area contributed by atoms with Crippen molar-refractivity contribution in [1.29, 1.82) is 0 Å². The fourth-order valence-electron chi connectivity index (χ4n) is 3.73. The van der Waals surface area contributed by atoms with E-state index < -0.39 is 0 Å². The maximum Gasteiger partial charge on any atom is 0.253 e. The summed E-state index contributed by atoms with van der Waals surface area (Å²) in [5, 5.41) is 14.7. The monoisotopic (exact) mass is 374 g/mol. The molecule has 0 aromatic heterocycles. The summed E-state index contributed by atoms with van der Waals surface area (Å²) in [6.45, 7) is 1.16. The highest BCUT2D eigenvalue weighted by Gasteiger charge is 2.25. The standard InChI is InChI=1S/C23H22N2O3/c26-19-8-3-7-17(15-19)23(28)25-13-11-18(12-14-25)24-22(27)21-10-4-6-16-5-1-2-9-20(16)21/h1-10,15,18,26H,11-14H2,(H,24,27). The molecule has 1 aliphatic rings. The van der Waals surface area contributed by atoms with Gasteiger partial charge < -0.3 is 15.3 Å². The minimum atomic E-state index is -0.0882. The Balaban J connectivity index is 1.39. The van der Waals surface area contributed by atoms with Crippen LogP contribution in [0.25, 0.3) is 10.8 Å². The van der Waals surface area contributed by atoms with Crippen molar-refractivity contribution in [3.05, 3.63) is 77.9 Å². The minimum absolute atomic E-state index is 0.0414. The molecule has 2 amide bonds. The molecule has 0 unspecified atom stereocenters. The number of rotatable bonds is 3. The van der Waals surface area contributed by atoms with E-state index >= 15 is 0 Å². The van der Waals surface area contributed by atoms with Gasteiger partial charge in [0.15, 0.2) is 0 Å². The molecule has 0 atom stereocenters. The van der Waals surface area contributed by atoms with E-state index in [9.17, 15) is 14.7 Å². The van der Waals surface area contributed by atoms with Crippen molar-refractivity contribution >= 4 is 22.6 Å². The molecule has 1 aliphatic heterocycles. The quantitative estimate of drug-likeness (QED) is 0.736. The molecule has 5 nitrogen and oxygen atoms in total. The zero-order chi connectivity index (χ0) is 19.5. The van der Waals surface area contributed by atoms with Gasteiger partial charge in [0.1, 0.15) is 5.75 Å². The Kier molecular flexibility index (Phi) is 4.98. The van der Waals surface area contributed by atoms with E-state index in [2.05, 4.69) is 5.32 Å². The molecule has 4 rings (SSSR count). The van der Waals surface area contributed by atoms with Gasteiger partial charge in [-0.1, -0.05) is 42.5 Å². The normalized spacial score (nSPS) is 14.8. The van der Waals surface area contributed by atoms with E-state index in [0.717, 1.165) is 10.8 Å². The Morgan fingerprint density at radius 1 is 0.929 bits per heavy atom. The fraction of sp³-hybridized carbons (Fsp3) is 0.217. The molecule has 1 saturated heterocycles. The van der Waals surface area contributed by atoms with Crippen LogP contribution in [0, 0.1) is 0 Å². The molecule has 5 heteroatoms. The summed E-state index contributed by atoms with van der Waals surface area (Å²) in [6.07, 6.45) is 1.42. The van der Waals surface area contributed by atoms with Gasteiger partial charge in [-0.15, -0.1) is 0 Å². The fourth-order valence-corrected chi connectivity index (χ4v) is 3.73. The Labute approximate surface area is 163 Å². The van der Waals surface area contributed by atoms with Crippen LogP contribution in [0.4, 0.5) is 0 Å². The maximum atomic E-state index is 12.8. The van der Waals surface area contributed by atoms with Crippen molar-refractivity contribution in [3.8, 4) is 5.75 Å². The second kappa shape index (κ2) is 7.72. The number of phenolic OH excluding ortho intramolecular Hbond substituents is 1. The van der Waals surface area contributed by atoms with Crippen molar-refractivity contribution in [2.75, 3.05) is 13.1 Å². The second-order valence-corrected chi connectivity index (χ2v) is 7.12. The van der Waals surface area contributed by atoms with E-state index in [1.54, 1.807) is 23.1 Å². The highest BCUT2D eigenvalue weighted by Crippen LogP contribution is 2.20. The first-order valence-corrected chi connectivity index (χ1v) is 9.49. The molecule has 2 N–H and O–H groups in total. The van der Waals surface area contributed by atoms with Crippen LogP contribution in [-0.2, 0) is 0 Å². The lowest BCUT2D eigenvalue weighted by atomic mass is 10.0. The molecule has 0 aliphatic carbocycles. The first-order valence-electron chi connectivity index (χ1n) is 9.49. The van der Waals surface area contributed by atoms with Gasteiger partial charge in [0, 0.05) is 30.3 Å². The van der Waals surface area contributed by atoms with Crippen LogP contribution in [0.1, 0.15) is 33.6 Å². The largest absolute Gasteiger partial charge is 0.508 e. The number of phenols is 1. The van der Waals surface area contributed by atoms with E-state index in [0.29, 0.717) is 37.1 Å². The van der Waals surface area contributed by atoms with Crippen molar-refractivity contribution in [1.82, 2.24) is 10.2 Å². The number of hydrogen-bond acceptors (Lipinski definition) is 3. The number of benzene rings is 3. The number of carbonyl (C=O) groups excluding carboxylic acids is 2. The summed E-state index contributed by atoms with van der Waals surface area (Å²) < 4.78 is 0. The lowest BCUT2D eigenvalue weighted by Crippen LogP contribution is -2.46. The van der Waals surface area contributed by atoms with Crippen LogP contribution in [0.3, 0.4) is 0 Å². The number of carbonyl (C=O) groups is 2. The summed E-state index contributed by atoms with van der Waals surface area (Å²) >= 11 is 0. The highest BCUT2D eigenvalue weighted by molar-refractivity contribution is 6.07. The minimum Gasteiger partial charge on any atom is -0.508 e. The molecule has 142 valence electrons. The van der Waals surface area contributed by atoms with Crippen LogP contribution >= 0.6 is 0 Å². The molecule has 0 bridgehead atoms. The van der Waals surface area contributed by atoms with Gasteiger partial charge in [0.2, 0.25) is 0 Å². The van der Waals surface area contributed by atoms with Gasteiger partial charge in [-0.3, -0.25) is 9.59 Å². The summed E-state index contributed by atoms with van der Waals surface area (Å²) in [5.74, 6) is -0.0765. The molecule has 0 spiro atoms. The Hall–Kier alpha value is -3.34. The molecule has 0 saturated carbocycles. The maximum absolute atomic E-state index is 12.8. The zero-order valence-electron chi connectivity index (χ0n) is 15.5. The predicted octanol–water partition coefficient (Wildman–Crippen LogP) is 3.58. The molecular weight excluding hydrogens is 352 g/mol. The molecular formula is C23H22N2O3. The van der Waals surface area contributed by atoms with Crippen LogP contribution < -0.4 is 5.32 Å². The summed E-state index contributed by atoms with van der Waals surface area (Å²) in [6, 6.07) is 20.0. The second-order valence-electron chi connectivity index (χ2n) is 7.12. The van der Waals surface area contributed by atoms with E-state index in [4.69, 9.17) is 0 Å². The van der Waals surface area contributed by atoms with Crippen LogP contribution in [0.5, 0.6) is 5.75 Å². The van der Waals surface area contributed by atoms with E-state index in [1.807, 2.05) is 42.5 Å². The summed E-state index contributed by atoms with van der Waals surface area (Å²) in [5.41, 5.74) is 1.16. The Morgan fingerprint density at radius 2 is 1.64 bits per heavy atom. The number of hydrogen-bond donors (Lipinski definition) is 2. The van der Waals surface area contributed by atoms with Crippen LogP contribution in [-0.4, -0.2) is 41.0 Å². The molecule has 28 heavy (non-hydrogen) atoms. The number of fused-ring (bicyclic) bond motifs is 1. The van der Waals surface area contributed by atoms with Gasteiger partial charge in [-0.05, 0) is 47.9 Å². The molecule has 1 heterocycles. The SMILES string of the molecule is O=C(NC1CCN(C(=O)c2cccc(O)c2)CC1)c1cccc2ccccc12. The van der Waals surface area contributed by atoms with Gasteiger partial charge in [0.05, 0.1) is 0 Å². The average molecular weight is 374 g/mol.